The van der Waals surface area contributed by atoms with Crippen molar-refractivity contribution in [2.45, 2.75) is 33.2 Å². The van der Waals surface area contributed by atoms with Crippen molar-refractivity contribution in [2.75, 3.05) is 21.3 Å². The molecule has 4 nitrogen and oxygen atoms in total. The minimum atomic E-state index is 0.0119. The van der Waals surface area contributed by atoms with E-state index in [9.17, 15) is 4.79 Å². The highest BCUT2D eigenvalue weighted by molar-refractivity contribution is 5.96. The van der Waals surface area contributed by atoms with E-state index in [0.717, 1.165) is 33.8 Å². The molecule has 0 radical (unpaired) electrons. The van der Waals surface area contributed by atoms with Crippen LogP contribution in [0.15, 0.2) is 36.4 Å². The van der Waals surface area contributed by atoms with Gasteiger partial charge in [-0.25, -0.2) is 0 Å². The van der Waals surface area contributed by atoms with Crippen LogP contribution >= 0.6 is 0 Å². The van der Waals surface area contributed by atoms with E-state index in [4.69, 9.17) is 9.47 Å². The third-order valence-corrected chi connectivity index (χ3v) is 4.35. The second-order valence-corrected chi connectivity index (χ2v) is 6.57. The maximum absolute atomic E-state index is 12.9. The van der Waals surface area contributed by atoms with E-state index in [0.29, 0.717) is 6.54 Å². The summed E-state index contributed by atoms with van der Waals surface area (Å²) in [5.41, 5.74) is 3.76. The molecule has 0 bridgehead atoms. The van der Waals surface area contributed by atoms with Crippen LogP contribution in [-0.2, 0) is 6.54 Å². The Labute approximate surface area is 150 Å². The van der Waals surface area contributed by atoms with Crippen LogP contribution in [0.3, 0.4) is 0 Å². The number of carbonyl (C=O) groups is 1. The number of amides is 1. The number of aryl methyl sites for hydroxylation is 1. The fourth-order valence-corrected chi connectivity index (χ4v) is 2.84. The first-order valence-corrected chi connectivity index (χ1v) is 8.44. The lowest BCUT2D eigenvalue weighted by Gasteiger charge is -2.21. The molecule has 0 spiro atoms. The molecule has 2 aromatic rings. The first-order chi connectivity index (χ1) is 11.9. The molecule has 0 atom stereocenters. The van der Waals surface area contributed by atoms with E-state index >= 15 is 0 Å². The highest BCUT2D eigenvalue weighted by atomic mass is 16.5. The van der Waals surface area contributed by atoms with Crippen molar-refractivity contribution in [2.24, 2.45) is 0 Å². The molecular weight excluding hydrogens is 314 g/mol. The van der Waals surface area contributed by atoms with Gasteiger partial charge in [0.25, 0.3) is 5.91 Å². The lowest BCUT2D eigenvalue weighted by Crippen LogP contribution is -2.27. The van der Waals surface area contributed by atoms with Crippen molar-refractivity contribution in [1.29, 1.82) is 0 Å². The summed E-state index contributed by atoms with van der Waals surface area (Å²) in [5, 5.41) is 0. The Kier molecular flexibility index (Phi) is 6.07. The Morgan fingerprint density at radius 3 is 2.24 bits per heavy atom. The maximum Gasteiger partial charge on any atom is 0.254 e. The molecule has 0 fully saturated rings. The SMILES string of the molecule is COc1ccc(CN(C)C(=O)c2cc(C(C)C)c(OC)cc2C)cc1. The third-order valence-electron chi connectivity index (χ3n) is 4.35. The summed E-state index contributed by atoms with van der Waals surface area (Å²) < 4.78 is 10.6. The molecule has 2 rings (SSSR count). The summed E-state index contributed by atoms with van der Waals surface area (Å²) in [6.07, 6.45) is 0. The van der Waals surface area contributed by atoms with E-state index in [1.165, 1.54) is 0 Å². The minimum Gasteiger partial charge on any atom is -0.497 e. The first kappa shape index (κ1) is 18.8. The van der Waals surface area contributed by atoms with Gasteiger partial charge in [0.1, 0.15) is 11.5 Å². The second-order valence-electron chi connectivity index (χ2n) is 6.57. The second kappa shape index (κ2) is 8.06. The van der Waals surface area contributed by atoms with Crippen LogP contribution in [0, 0.1) is 6.92 Å². The fourth-order valence-electron chi connectivity index (χ4n) is 2.84. The van der Waals surface area contributed by atoms with Crippen molar-refractivity contribution < 1.29 is 14.3 Å². The molecule has 0 aromatic heterocycles. The zero-order valence-electron chi connectivity index (χ0n) is 15.9. The van der Waals surface area contributed by atoms with Gasteiger partial charge in [-0.05, 0) is 53.8 Å². The molecule has 4 heteroatoms. The summed E-state index contributed by atoms with van der Waals surface area (Å²) in [4.78, 5) is 14.7. The van der Waals surface area contributed by atoms with Crippen LogP contribution in [0.25, 0.3) is 0 Å². The Bertz CT molecular complexity index is 736. The molecular formula is C21H27NO3. The topological polar surface area (TPSA) is 38.8 Å². The van der Waals surface area contributed by atoms with Crippen molar-refractivity contribution in [1.82, 2.24) is 4.90 Å². The number of ether oxygens (including phenoxy) is 2. The number of rotatable bonds is 6. The highest BCUT2D eigenvalue weighted by Gasteiger charge is 2.19. The average molecular weight is 341 g/mol. The molecule has 0 aliphatic carbocycles. The molecule has 0 unspecified atom stereocenters. The Morgan fingerprint density at radius 1 is 1.08 bits per heavy atom. The lowest BCUT2D eigenvalue weighted by atomic mass is 9.96. The molecule has 0 saturated carbocycles. The van der Waals surface area contributed by atoms with Crippen LogP contribution in [-0.4, -0.2) is 32.1 Å². The molecule has 0 heterocycles. The monoisotopic (exact) mass is 341 g/mol. The summed E-state index contributed by atoms with van der Waals surface area (Å²) in [6, 6.07) is 11.7. The summed E-state index contributed by atoms with van der Waals surface area (Å²) in [5.74, 6) is 1.94. The Hall–Kier alpha value is -2.49. The van der Waals surface area contributed by atoms with Crippen molar-refractivity contribution >= 4 is 5.91 Å². The number of carbonyl (C=O) groups excluding carboxylic acids is 1. The summed E-state index contributed by atoms with van der Waals surface area (Å²) >= 11 is 0. The first-order valence-electron chi connectivity index (χ1n) is 8.44. The predicted octanol–water partition coefficient (Wildman–Crippen LogP) is 4.41. The van der Waals surface area contributed by atoms with Gasteiger partial charge in [-0.2, -0.15) is 0 Å². The Balaban J connectivity index is 2.24. The van der Waals surface area contributed by atoms with Gasteiger partial charge < -0.3 is 14.4 Å². The number of hydrogen-bond donors (Lipinski definition) is 0. The van der Waals surface area contributed by atoms with Gasteiger partial charge in [0.05, 0.1) is 14.2 Å². The van der Waals surface area contributed by atoms with Gasteiger partial charge in [0.2, 0.25) is 0 Å². The molecule has 0 N–H and O–H groups in total. The van der Waals surface area contributed by atoms with Crippen molar-refractivity contribution in [3.8, 4) is 11.5 Å². The minimum absolute atomic E-state index is 0.0119. The number of nitrogens with zero attached hydrogens (tertiary/aromatic N) is 1. The van der Waals surface area contributed by atoms with Gasteiger partial charge in [-0.1, -0.05) is 26.0 Å². The smallest absolute Gasteiger partial charge is 0.254 e. The molecule has 2 aromatic carbocycles. The van der Waals surface area contributed by atoms with E-state index in [1.807, 2.05) is 50.4 Å². The molecule has 134 valence electrons. The van der Waals surface area contributed by atoms with Gasteiger partial charge >= 0.3 is 0 Å². The Morgan fingerprint density at radius 2 is 1.72 bits per heavy atom. The molecule has 1 amide bonds. The zero-order valence-corrected chi connectivity index (χ0v) is 15.9. The average Bonchev–Trinajstić information content (AvgIpc) is 2.61. The quantitative estimate of drug-likeness (QED) is 0.781. The van der Waals surface area contributed by atoms with Gasteiger partial charge in [0.15, 0.2) is 0 Å². The van der Waals surface area contributed by atoms with E-state index in [2.05, 4.69) is 13.8 Å². The standard InChI is InChI=1S/C21H27NO3/c1-14(2)18-12-19(15(3)11-20(18)25-6)21(23)22(4)13-16-7-9-17(24-5)10-8-16/h7-12,14H,13H2,1-6H3. The van der Waals surface area contributed by atoms with E-state index in [1.54, 1.807) is 19.1 Å². The third kappa shape index (κ3) is 4.32. The van der Waals surface area contributed by atoms with E-state index in [-0.39, 0.29) is 11.8 Å². The number of hydrogen-bond acceptors (Lipinski definition) is 3. The zero-order chi connectivity index (χ0) is 18.6. The lowest BCUT2D eigenvalue weighted by molar-refractivity contribution is 0.0784. The van der Waals surface area contributed by atoms with Crippen LogP contribution < -0.4 is 9.47 Å². The van der Waals surface area contributed by atoms with Crippen LogP contribution in [0.5, 0.6) is 11.5 Å². The van der Waals surface area contributed by atoms with Crippen molar-refractivity contribution in [3.63, 3.8) is 0 Å². The molecule has 0 aliphatic rings. The van der Waals surface area contributed by atoms with Gasteiger partial charge in [0, 0.05) is 19.2 Å². The number of benzene rings is 2. The molecule has 0 saturated heterocycles. The number of methoxy groups -OCH3 is 2. The summed E-state index contributed by atoms with van der Waals surface area (Å²) in [6.45, 7) is 6.69. The molecule has 0 aliphatic heterocycles. The molecule has 25 heavy (non-hydrogen) atoms. The largest absolute Gasteiger partial charge is 0.497 e. The van der Waals surface area contributed by atoms with Gasteiger partial charge in [-0.3, -0.25) is 4.79 Å². The maximum atomic E-state index is 12.9. The summed E-state index contributed by atoms with van der Waals surface area (Å²) in [7, 11) is 5.13. The van der Waals surface area contributed by atoms with Crippen LogP contribution in [0.4, 0.5) is 0 Å². The van der Waals surface area contributed by atoms with Crippen LogP contribution in [0.1, 0.15) is 46.8 Å². The fraction of sp³-hybridized carbons (Fsp3) is 0.381. The van der Waals surface area contributed by atoms with Crippen LogP contribution in [0.2, 0.25) is 0 Å². The van der Waals surface area contributed by atoms with Gasteiger partial charge in [-0.15, -0.1) is 0 Å². The predicted molar refractivity (Wildman–Crippen MR) is 101 cm³/mol. The normalized spacial score (nSPS) is 10.7. The van der Waals surface area contributed by atoms with E-state index < -0.39 is 0 Å². The highest BCUT2D eigenvalue weighted by Crippen LogP contribution is 2.30. The van der Waals surface area contributed by atoms with Crippen molar-refractivity contribution in [3.05, 3.63) is 58.7 Å².